The molecule has 5 rings (SSSR count). The number of piperidine rings is 1. The Kier molecular flexibility index (Phi) is 5.36. The third kappa shape index (κ3) is 3.49. The highest BCUT2D eigenvalue weighted by atomic mass is 32.1. The standard InChI is InChI=1S/C24H31N5OS/c1-14(2)19-20-16(4)22(17-5-7-28(8-6-17)9-10-30)31-24(20)27-21(19)18-11-15(3)23-25-13-26-29(23)12-18/h11-14,17,27,30H,5-10H2,1-4H3. The monoisotopic (exact) mass is 437 g/mol. The molecule has 6 nitrogen and oxygen atoms in total. The maximum Gasteiger partial charge on any atom is 0.158 e. The van der Waals surface area contributed by atoms with Crippen LogP contribution in [-0.2, 0) is 0 Å². The molecule has 2 N–H and O–H groups in total. The summed E-state index contributed by atoms with van der Waals surface area (Å²) in [6, 6.07) is 2.22. The van der Waals surface area contributed by atoms with Gasteiger partial charge in [0.2, 0.25) is 0 Å². The average Bonchev–Trinajstić information content (AvgIpc) is 3.44. The molecule has 7 heteroatoms. The van der Waals surface area contributed by atoms with Gasteiger partial charge in [-0.25, -0.2) is 9.50 Å². The number of thiophene rings is 1. The molecule has 0 atom stereocenters. The predicted molar refractivity (Wildman–Crippen MR) is 127 cm³/mol. The molecule has 1 saturated heterocycles. The zero-order chi connectivity index (χ0) is 21.7. The average molecular weight is 438 g/mol. The fourth-order valence-electron chi connectivity index (χ4n) is 5.23. The second-order valence-corrected chi connectivity index (χ2v) is 10.2. The molecule has 1 aliphatic rings. The minimum Gasteiger partial charge on any atom is -0.395 e. The first-order valence-electron chi connectivity index (χ1n) is 11.3. The summed E-state index contributed by atoms with van der Waals surface area (Å²) < 4.78 is 1.88. The normalized spacial score (nSPS) is 16.3. The molecule has 0 bridgehead atoms. The van der Waals surface area contributed by atoms with Gasteiger partial charge >= 0.3 is 0 Å². The first kappa shape index (κ1) is 20.7. The van der Waals surface area contributed by atoms with E-state index in [1.807, 2.05) is 15.9 Å². The highest BCUT2D eigenvalue weighted by Gasteiger charge is 2.27. The van der Waals surface area contributed by atoms with Gasteiger partial charge in [-0.15, -0.1) is 11.3 Å². The minimum atomic E-state index is 0.256. The smallest absolute Gasteiger partial charge is 0.158 e. The van der Waals surface area contributed by atoms with Crippen molar-refractivity contribution in [2.75, 3.05) is 26.2 Å². The van der Waals surface area contributed by atoms with E-state index in [-0.39, 0.29) is 6.61 Å². The fraction of sp³-hybridized carbons (Fsp3) is 0.500. The van der Waals surface area contributed by atoms with Crippen LogP contribution in [0.15, 0.2) is 18.6 Å². The molecule has 0 saturated carbocycles. The molecule has 1 fully saturated rings. The van der Waals surface area contributed by atoms with E-state index in [1.54, 1.807) is 11.2 Å². The van der Waals surface area contributed by atoms with Gasteiger partial charge in [0.25, 0.3) is 0 Å². The molecular formula is C24H31N5OS. The molecule has 0 unspecified atom stereocenters. The molecule has 0 amide bonds. The molecule has 4 aromatic heterocycles. The van der Waals surface area contributed by atoms with Crippen LogP contribution in [0.1, 0.15) is 60.1 Å². The van der Waals surface area contributed by atoms with Crippen LogP contribution in [0.3, 0.4) is 0 Å². The zero-order valence-electron chi connectivity index (χ0n) is 18.8. The van der Waals surface area contributed by atoms with Crippen molar-refractivity contribution in [3.8, 4) is 11.3 Å². The predicted octanol–water partition coefficient (Wildman–Crippen LogP) is 4.85. The number of β-amino-alcohol motifs (C(OH)–C–C–N with tert-alkyl or cyclic N) is 1. The van der Waals surface area contributed by atoms with Crippen molar-refractivity contribution >= 4 is 27.2 Å². The summed E-state index contributed by atoms with van der Waals surface area (Å²) in [4.78, 5) is 13.4. The molecule has 4 aromatic rings. The maximum atomic E-state index is 9.23. The first-order chi connectivity index (χ1) is 15.0. The Bertz CT molecular complexity index is 1230. The number of pyridine rings is 1. The zero-order valence-corrected chi connectivity index (χ0v) is 19.6. The summed E-state index contributed by atoms with van der Waals surface area (Å²) in [5.41, 5.74) is 7.28. The van der Waals surface area contributed by atoms with E-state index in [0.29, 0.717) is 11.8 Å². The molecule has 31 heavy (non-hydrogen) atoms. The number of likely N-dealkylation sites (tertiary alicyclic amines) is 1. The SMILES string of the molecule is Cc1c(C2CCN(CCO)CC2)sc2[nH]c(-c3cc(C)c4ncnn4c3)c(C(C)C)c12. The van der Waals surface area contributed by atoms with Gasteiger partial charge in [0.15, 0.2) is 5.65 Å². The van der Waals surface area contributed by atoms with E-state index >= 15 is 0 Å². The maximum absolute atomic E-state index is 9.23. The summed E-state index contributed by atoms with van der Waals surface area (Å²) in [6.07, 6.45) is 6.06. The number of hydrogen-bond donors (Lipinski definition) is 2. The molecule has 0 aromatic carbocycles. The van der Waals surface area contributed by atoms with Gasteiger partial charge < -0.3 is 15.0 Å². The molecule has 164 valence electrons. The lowest BCUT2D eigenvalue weighted by atomic mass is 9.90. The van der Waals surface area contributed by atoms with Crippen LogP contribution in [-0.4, -0.2) is 55.8 Å². The quantitative estimate of drug-likeness (QED) is 0.468. The Hall–Kier alpha value is -2.22. The number of aromatic amines is 1. The Labute approximate surface area is 186 Å². The Morgan fingerprint density at radius 1 is 1.26 bits per heavy atom. The number of nitrogens with one attached hydrogen (secondary N) is 1. The summed E-state index contributed by atoms with van der Waals surface area (Å²) in [5, 5.41) is 15.0. The van der Waals surface area contributed by atoms with Gasteiger partial charge in [-0.3, -0.25) is 0 Å². The van der Waals surface area contributed by atoms with Gasteiger partial charge in [0, 0.05) is 28.6 Å². The van der Waals surface area contributed by atoms with E-state index in [1.165, 1.54) is 45.4 Å². The lowest BCUT2D eigenvalue weighted by Crippen LogP contribution is -2.34. The minimum absolute atomic E-state index is 0.256. The van der Waals surface area contributed by atoms with Crippen LogP contribution in [0.5, 0.6) is 0 Å². The van der Waals surface area contributed by atoms with Crippen molar-refractivity contribution in [3.63, 3.8) is 0 Å². The van der Waals surface area contributed by atoms with Gasteiger partial charge in [-0.05, 0) is 74.4 Å². The van der Waals surface area contributed by atoms with Crippen molar-refractivity contribution in [2.45, 2.75) is 52.4 Å². The number of aliphatic hydroxyl groups excluding tert-OH is 1. The van der Waals surface area contributed by atoms with E-state index in [4.69, 9.17) is 0 Å². The Morgan fingerprint density at radius 3 is 2.74 bits per heavy atom. The van der Waals surface area contributed by atoms with Crippen LogP contribution in [0, 0.1) is 13.8 Å². The third-order valence-electron chi connectivity index (χ3n) is 6.76. The van der Waals surface area contributed by atoms with Crippen LogP contribution in [0.4, 0.5) is 0 Å². The van der Waals surface area contributed by atoms with E-state index in [2.05, 4.69) is 59.9 Å². The second kappa shape index (κ2) is 8.04. The number of nitrogens with zero attached hydrogens (tertiary/aromatic N) is 4. The summed E-state index contributed by atoms with van der Waals surface area (Å²) in [5.74, 6) is 1.04. The Balaban J connectivity index is 1.56. The highest BCUT2D eigenvalue weighted by Crippen LogP contribution is 2.45. The fourth-order valence-corrected chi connectivity index (χ4v) is 6.63. The number of aromatic nitrogens is 4. The van der Waals surface area contributed by atoms with E-state index in [0.717, 1.165) is 30.8 Å². The number of H-pyrrole nitrogens is 1. The van der Waals surface area contributed by atoms with E-state index in [9.17, 15) is 5.11 Å². The van der Waals surface area contributed by atoms with Gasteiger partial charge in [0.05, 0.1) is 12.3 Å². The summed E-state index contributed by atoms with van der Waals surface area (Å²) in [7, 11) is 0. The van der Waals surface area contributed by atoms with Gasteiger partial charge in [-0.2, -0.15) is 5.10 Å². The van der Waals surface area contributed by atoms with Crippen molar-refractivity contribution in [1.29, 1.82) is 0 Å². The molecule has 0 spiro atoms. The largest absolute Gasteiger partial charge is 0.395 e. The molecule has 0 aliphatic carbocycles. The molecule has 0 radical (unpaired) electrons. The third-order valence-corrected chi connectivity index (χ3v) is 8.13. The molecule has 5 heterocycles. The van der Waals surface area contributed by atoms with Crippen molar-refractivity contribution in [1.82, 2.24) is 24.5 Å². The molecule has 1 aliphatic heterocycles. The van der Waals surface area contributed by atoms with E-state index < -0.39 is 0 Å². The summed E-state index contributed by atoms with van der Waals surface area (Å²) in [6.45, 7) is 12.2. The van der Waals surface area contributed by atoms with Crippen LogP contribution < -0.4 is 0 Å². The molecular weight excluding hydrogens is 406 g/mol. The second-order valence-electron chi connectivity index (χ2n) is 9.14. The van der Waals surface area contributed by atoms with Gasteiger partial charge in [-0.1, -0.05) is 13.8 Å². The number of aliphatic hydroxyl groups is 1. The Morgan fingerprint density at radius 2 is 2.03 bits per heavy atom. The van der Waals surface area contributed by atoms with Crippen LogP contribution >= 0.6 is 11.3 Å². The number of aryl methyl sites for hydroxylation is 2. The number of hydrogen-bond acceptors (Lipinski definition) is 5. The number of rotatable bonds is 5. The van der Waals surface area contributed by atoms with Crippen molar-refractivity contribution in [3.05, 3.63) is 40.2 Å². The van der Waals surface area contributed by atoms with Crippen molar-refractivity contribution in [2.24, 2.45) is 0 Å². The summed E-state index contributed by atoms with van der Waals surface area (Å²) >= 11 is 1.94. The topological polar surface area (TPSA) is 69.4 Å². The highest BCUT2D eigenvalue weighted by molar-refractivity contribution is 7.19. The lowest BCUT2D eigenvalue weighted by Gasteiger charge is -2.31. The lowest BCUT2D eigenvalue weighted by molar-refractivity contribution is 0.165. The van der Waals surface area contributed by atoms with Crippen LogP contribution in [0.2, 0.25) is 0 Å². The van der Waals surface area contributed by atoms with Crippen molar-refractivity contribution < 1.29 is 5.11 Å². The van der Waals surface area contributed by atoms with Crippen LogP contribution in [0.25, 0.3) is 27.1 Å². The first-order valence-corrected chi connectivity index (χ1v) is 12.1. The van der Waals surface area contributed by atoms with Gasteiger partial charge in [0.1, 0.15) is 11.2 Å². The number of fused-ring (bicyclic) bond motifs is 2.